The topological polar surface area (TPSA) is 78.4 Å². The third-order valence-corrected chi connectivity index (χ3v) is 4.39. The van der Waals surface area contributed by atoms with Crippen molar-refractivity contribution in [1.29, 1.82) is 0 Å². The van der Waals surface area contributed by atoms with E-state index in [0.29, 0.717) is 37.8 Å². The number of piperazine rings is 1. The van der Waals surface area contributed by atoms with E-state index in [-0.39, 0.29) is 11.6 Å². The van der Waals surface area contributed by atoms with E-state index in [1.807, 2.05) is 4.90 Å². The van der Waals surface area contributed by atoms with Gasteiger partial charge in [0.1, 0.15) is 17.3 Å². The number of nitrogens with zero attached hydrogens (tertiary/aromatic N) is 4. The normalized spacial score (nSPS) is 14.2. The van der Waals surface area contributed by atoms with Gasteiger partial charge < -0.3 is 15.1 Å². The summed E-state index contributed by atoms with van der Waals surface area (Å²) in [5.41, 5.74) is -0.530. The summed E-state index contributed by atoms with van der Waals surface area (Å²) in [6, 6.07) is 3.09. The molecule has 3 rings (SSSR count). The van der Waals surface area contributed by atoms with Gasteiger partial charge in [0, 0.05) is 39.2 Å². The molecule has 1 N–H and O–H groups in total. The molecular formula is C18H18F3N5O2. The van der Waals surface area contributed by atoms with E-state index in [9.17, 15) is 22.8 Å². The Morgan fingerprint density at radius 1 is 1.04 bits per heavy atom. The third kappa shape index (κ3) is 4.05. The van der Waals surface area contributed by atoms with Crippen molar-refractivity contribution >= 4 is 23.3 Å². The number of hydrogen-bond donors (Lipinski definition) is 1. The summed E-state index contributed by atoms with van der Waals surface area (Å²) in [7, 11) is 0. The second-order valence-corrected chi connectivity index (χ2v) is 6.33. The molecule has 1 aliphatic heterocycles. The van der Waals surface area contributed by atoms with Gasteiger partial charge in [0.15, 0.2) is 17.5 Å². The van der Waals surface area contributed by atoms with Crippen LogP contribution >= 0.6 is 0 Å². The van der Waals surface area contributed by atoms with Crippen LogP contribution in [0.5, 0.6) is 0 Å². The van der Waals surface area contributed by atoms with Crippen molar-refractivity contribution in [3.8, 4) is 0 Å². The Kier molecular flexibility index (Phi) is 5.48. The highest BCUT2D eigenvalue weighted by Crippen LogP contribution is 2.21. The van der Waals surface area contributed by atoms with Crippen LogP contribution in [-0.2, 0) is 4.79 Å². The molecule has 2 heterocycles. The quantitative estimate of drug-likeness (QED) is 0.809. The minimum atomic E-state index is -1.67. The molecule has 10 heteroatoms. The maximum absolute atomic E-state index is 13.8. The lowest BCUT2D eigenvalue weighted by molar-refractivity contribution is -0.129. The molecule has 2 amide bonds. The Labute approximate surface area is 159 Å². The third-order valence-electron chi connectivity index (χ3n) is 4.39. The molecule has 1 saturated heterocycles. The molecule has 7 nitrogen and oxygen atoms in total. The van der Waals surface area contributed by atoms with Gasteiger partial charge in [-0.15, -0.1) is 0 Å². The van der Waals surface area contributed by atoms with Crippen LogP contribution < -0.4 is 10.2 Å². The number of carbonyl (C=O) groups is 2. The first kappa shape index (κ1) is 19.6. The van der Waals surface area contributed by atoms with Crippen LogP contribution in [-0.4, -0.2) is 52.9 Å². The molecular weight excluding hydrogens is 375 g/mol. The van der Waals surface area contributed by atoms with Gasteiger partial charge in [-0.2, -0.15) is 0 Å². The average molecular weight is 393 g/mol. The molecule has 28 heavy (non-hydrogen) atoms. The molecule has 1 aromatic carbocycles. The summed E-state index contributed by atoms with van der Waals surface area (Å²) in [4.78, 5) is 35.8. The van der Waals surface area contributed by atoms with Gasteiger partial charge in [0.05, 0.1) is 5.69 Å². The zero-order chi connectivity index (χ0) is 20.4. The van der Waals surface area contributed by atoms with Crippen molar-refractivity contribution in [2.45, 2.75) is 13.8 Å². The second kappa shape index (κ2) is 7.83. The van der Waals surface area contributed by atoms with E-state index < -0.39 is 29.0 Å². The summed E-state index contributed by atoms with van der Waals surface area (Å²) in [5, 5.41) is 2.19. The first-order valence-electron chi connectivity index (χ1n) is 8.57. The monoisotopic (exact) mass is 393 g/mol. The molecule has 0 atom stereocenters. The first-order valence-corrected chi connectivity index (χ1v) is 8.57. The average Bonchev–Trinajstić information content (AvgIpc) is 2.68. The van der Waals surface area contributed by atoms with E-state index in [0.717, 1.165) is 12.1 Å². The predicted octanol–water partition coefficient (Wildman–Crippen LogP) is 2.12. The Bertz CT molecular complexity index is 930. The zero-order valence-corrected chi connectivity index (χ0v) is 15.3. The maximum atomic E-state index is 13.8. The molecule has 0 bridgehead atoms. The van der Waals surface area contributed by atoms with Gasteiger partial charge in [-0.05, 0) is 19.1 Å². The summed E-state index contributed by atoms with van der Waals surface area (Å²) in [6.07, 6.45) is 0. The number of aromatic nitrogens is 2. The fourth-order valence-corrected chi connectivity index (χ4v) is 2.89. The van der Waals surface area contributed by atoms with Crippen LogP contribution in [0.4, 0.5) is 24.7 Å². The lowest BCUT2D eigenvalue weighted by atomic mass is 10.2. The summed E-state index contributed by atoms with van der Waals surface area (Å²) in [6.45, 7) is 5.23. The number of nitrogens with one attached hydrogen (secondary N) is 1. The van der Waals surface area contributed by atoms with E-state index in [4.69, 9.17) is 0 Å². The highest BCUT2D eigenvalue weighted by atomic mass is 19.2. The van der Waals surface area contributed by atoms with Crippen LogP contribution in [0, 0.1) is 24.4 Å². The first-order chi connectivity index (χ1) is 13.3. The van der Waals surface area contributed by atoms with Crippen molar-refractivity contribution in [2.75, 3.05) is 36.4 Å². The lowest BCUT2D eigenvalue weighted by Crippen LogP contribution is -2.48. The van der Waals surface area contributed by atoms with Crippen molar-refractivity contribution in [3.63, 3.8) is 0 Å². The fraction of sp³-hybridized carbons (Fsp3) is 0.333. The van der Waals surface area contributed by atoms with E-state index in [1.165, 1.54) is 13.0 Å². The molecule has 1 fully saturated rings. The number of carbonyl (C=O) groups excluding carboxylic acids is 2. The summed E-state index contributed by atoms with van der Waals surface area (Å²) >= 11 is 0. The van der Waals surface area contributed by atoms with Gasteiger partial charge in [-0.1, -0.05) is 0 Å². The van der Waals surface area contributed by atoms with Crippen LogP contribution in [0.3, 0.4) is 0 Å². The SMILES string of the molecule is CC(=O)N1CCN(c2cc(C(=O)Nc3ccc(F)c(F)c3F)nc(C)n2)CC1. The molecule has 0 aliphatic carbocycles. The summed E-state index contributed by atoms with van der Waals surface area (Å²) < 4.78 is 40.2. The zero-order valence-electron chi connectivity index (χ0n) is 15.3. The molecule has 1 aliphatic rings. The fourth-order valence-electron chi connectivity index (χ4n) is 2.89. The van der Waals surface area contributed by atoms with Crippen LogP contribution in [0.15, 0.2) is 18.2 Å². The highest BCUT2D eigenvalue weighted by molar-refractivity contribution is 6.03. The maximum Gasteiger partial charge on any atom is 0.274 e. The van der Waals surface area contributed by atoms with Gasteiger partial charge >= 0.3 is 0 Å². The Morgan fingerprint density at radius 3 is 2.36 bits per heavy atom. The van der Waals surface area contributed by atoms with Crippen molar-refractivity contribution < 1.29 is 22.8 Å². The van der Waals surface area contributed by atoms with Crippen molar-refractivity contribution in [1.82, 2.24) is 14.9 Å². The molecule has 0 spiro atoms. The van der Waals surface area contributed by atoms with Crippen LogP contribution in [0.25, 0.3) is 0 Å². The smallest absolute Gasteiger partial charge is 0.274 e. The number of amides is 2. The van der Waals surface area contributed by atoms with Crippen molar-refractivity contribution in [3.05, 3.63) is 47.2 Å². The largest absolute Gasteiger partial charge is 0.353 e. The Balaban J connectivity index is 1.79. The van der Waals surface area contributed by atoms with E-state index >= 15 is 0 Å². The Morgan fingerprint density at radius 2 is 1.71 bits per heavy atom. The predicted molar refractivity (Wildman–Crippen MR) is 95.5 cm³/mol. The van der Waals surface area contributed by atoms with E-state index in [2.05, 4.69) is 15.3 Å². The van der Waals surface area contributed by atoms with Crippen molar-refractivity contribution in [2.24, 2.45) is 0 Å². The number of aryl methyl sites for hydroxylation is 1. The lowest BCUT2D eigenvalue weighted by Gasteiger charge is -2.35. The highest BCUT2D eigenvalue weighted by Gasteiger charge is 2.22. The van der Waals surface area contributed by atoms with Gasteiger partial charge in [-0.25, -0.2) is 23.1 Å². The molecule has 1 aromatic heterocycles. The van der Waals surface area contributed by atoms with Gasteiger partial charge in [-0.3, -0.25) is 9.59 Å². The Hall–Kier alpha value is -3.17. The minimum absolute atomic E-state index is 0.00728. The number of anilines is 2. The number of hydrogen-bond acceptors (Lipinski definition) is 5. The molecule has 0 saturated carbocycles. The van der Waals surface area contributed by atoms with Crippen LogP contribution in [0.1, 0.15) is 23.2 Å². The standard InChI is InChI=1S/C18H18F3N5O2/c1-10-22-14(18(28)24-13-4-3-12(19)16(20)17(13)21)9-15(23-10)26-7-5-25(6-8-26)11(2)27/h3-4,9H,5-8H2,1-2H3,(H,24,28). The van der Waals surface area contributed by atoms with Crippen LogP contribution in [0.2, 0.25) is 0 Å². The second-order valence-electron chi connectivity index (χ2n) is 6.33. The van der Waals surface area contributed by atoms with Gasteiger partial charge in [0.2, 0.25) is 5.91 Å². The molecule has 2 aromatic rings. The van der Waals surface area contributed by atoms with Gasteiger partial charge in [0.25, 0.3) is 5.91 Å². The van der Waals surface area contributed by atoms with E-state index in [1.54, 1.807) is 11.8 Å². The number of rotatable bonds is 3. The molecule has 148 valence electrons. The number of halogens is 3. The summed E-state index contributed by atoms with van der Waals surface area (Å²) in [5.74, 6) is -4.47. The number of benzene rings is 1. The molecule has 0 radical (unpaired) electrons. The minimum Gasteiger partial charge on any atom is -0.353 e. The molecule has 0 unspecified atom stereocenters.